The van der Waals surface area contributed by atoms with Gasteiger partial charge in [0.2, 0.25) is 0 Å². The van der Waals surface area contributed by atoms with Gasteiger partial charge in [0.1, 0.15) is 0 Å². The van der Waals surface area contributed by atoms with E-state index in [2.05, 4.69) is 29.7 Å². The van der Waals surface area contributed by atoms with Crippen molar-refractivity contribution >= 4 is 11.9 Å². The van der Waals surface area contributed by atoms with Gasteiger partial charge in [-0.2, -0.15) is 0 Å². The van der Waals surface area contributed by atoms with Gasteiger partial charge in [0.25, 0.3) is 5.91 Å². The average Bonchev–Trinajstić information content (AvgIpc) is 3.20. The molecule has 1 aromatic carbocycles. The lowest BCUT2D eigenvalue weighted by Crippen LogP contribution is -2.42. The van der Waals surface area contributed by atoms with Crippen LogP contribution < -0.4 is 10.6 Å². The van der Waals surface area contributed by atoms with Crippen LogP contribution in [0, 0.1) is 0 Å². The highest BCUT2D eigenvalue weighted by Crippen LogP contribution is 2.15. The first-order valence-electron chi connectivity index (χ1n) is 9.84. The van der Waals surface area contributed by atoms with E-state index in [9.17, 15) is 4.79 Å². The molecule has 0 unspecified atom stereocenters. The van der Waals surface area contributed by atoms with Crippen LogP contribution in [0.15, 0.2) is 41.4 Å². The summed E-state index contributed by atoms with van der Waals surface area (Å²) in [6.45, 7) is 5.23. The molecule has 3 rings (SSSR count). The first kappa shape index (κ1) is 18.5. The second-order valence-corrected chi connectivity index (χ2v) is 7.03. The monoisotopic (exact) mass is 354 g/mol. The molecular formula is C21H30N4O. The zero-order valence-corrected chi connectivity index (χ0v) is 15.7. The van der Waals surface area contributed by atoms with Gasteiger partial charge in [0.15, 0.2) is 5.96 Å². The van der Waals surface area contributed by atoms with Crippen molar-refractivity contribution in [2.24, 2.45) is 4.99 Å². The summed E-state index contributed by atoms with van der Waals surface area (Å²) in [6.07, 6.45) is 9.96. The number of aliphatic imine (C=N–C) groups is 1. The maximum Gasteiger partial charge on any atom is 0.253 e. The van der Waals surface area contributed by atoms with Crippen LogP contribution in [0.25, 0.3) is 0 Å². The molecule has 1 heterocycles. The summed E-state index contributed by atoms with van der Waals surface area (Å²) in [5.74, 6) is 0.992. The highest BCUT2D eigenvalue weighted by atomic mass is 16.2. The van der Waals surface area contributed by atoms with Gasteiger partial charge >= 0.3 is 0 Å². The Morgan fingerprint density at radius 2 is 1.96 bits per heavy atom. The highest BCUT2D eigenvalue weighted by Gasteiger charge is 2.18. The Balaban J connectivity index is 1.63. The van der Waals surface area contributed by atoms with E-state index < -0.39 is 0 Å². The lowest BCUT2D eigenvalue weighted by molar-refractivity contribution is 0.0724. The van der Waals surface area contributed by atoms with E-state index in [0.717, 1.165) is 62.4 Å². The molecule has 140 valence electrons. The molecule has 5 heteroatoms. The Kier molecular flexibility index (Phi) is 6.69. The Hall–Kier alpha value is -2.30. The number of likely N-dealkylation sites (tertiary alicyclic amines) is 1. The van der Waals surface area contributed by atoms with Crippen LogP contribution in [0.4, 0.5) is 0 Å². The molecule has 0 atom stereocenters. The van der Waals surface area contributed by atoms with Gasteiger partial charge in [-0.1, -0.05) is 24.3 Å². The molecule has 2 N–H and O–H groups in total. The number of nitrogens with one attached hydrogen (secondary N) is 2. The predicted molar refractivity (Wildman–Crippen MR) is 106 cm³/mol. The van der Waals surface area contributed by atoms with Crippen LogP contribution in [-0.4, -0.2) is 42.4 Å². The molecule has 1 amide bonds. The molecule has 2 aliphatic rings. The average molecular weight is 354 g/mol. The van der Waals surface area contributed by atoms with Crippen LogP contribution in [0.3, 0.4) is 0 Å². The topological polar surface area (TPSA) is 56.7 Å². The van der Waals surface area contributed by atoms with Crippen molar-refractivity contribution in [3.63, 3.8) is 0 Å². The van der Waals surface area contributed by atoms with E-state index in [-0.39, 0.29) is 5.91 Å². The molecule has 0 saturated carbocycles. The van der Waals surface area contributed by atoms with Crippen molar-refractivity contribution < 1.29 is 4.79 Å². The third kappa shape index (κ3) is 5.10. The maximum absolute atomic E-state index is 12.7. The van der Waals surface area contributed by atoms with E-state index in [1.165, 1.54) is 6.42 Å². The Labute approximate surface area is 156 Å². The molecule has 1 fully saturated rings. The second kappa shape index (κ2) is 9.41. The second-order valence-electron chi connectivity index (χ2n) is 7.03. The molecule has 1 aromatic rings. The van der Waals surface area contributed by atoms with Crippen molar-refractivity contribution in [3.05, 3.63) is 47.5 Å². The fourth-order valence-electron chi connectivity index (χ4n) is 3.50. The zero-order valence-electron chi connectivity index (χ0n) is 15.7. The van der Waals surface area contributed by atoms with Gasteiger partial charge in [-0.25, -0.2) is 4.99 Å². The molecule has 0 aromatic heterocycles. The highest BCUT2D eigenvalue weighted by molar-refractivity contribution is 5.94. The molecule has 0 bridgehead atoms. The van der Waals surface area contributed by atoms with Crippen LogP contribution in [0.1, 0.15) is 54.9 Å². The smallest absolute Gasteiger partial charge is 0.253 e. The molecule has 1 aliphatic carbocycles. The Bertz CT molecular complexity index is 654. The molecular weight excluding hydrogens is 324 g/mol. The number of hydrogen-bond acceptors (Lipinski definition) is 2. The Morgan fingerprint density at radius 3 is 2.69 bits per heavy atom. The maximum atomic E-state index is 12.7. The van der Waals surface area contributed by atoms with Gasteiger partial charge in [-0.05, 0) is 56.7 Å². The minimum absolute atomic E-state index is 0.151. The lowest BCUT2D eigenvalue weighted by Gasteiger charge is -2.26. The lowest BCUT2D eigenvalue weighted by atomic mass is 10.1. The number of guanidine groups is 1. The number of amides is 1. The van der Waals surface area contributed by atoms with Gasteiger partial charge in [0.05, 0.1) is 6.54 Å². The third-order valence-corrected chi connectivity index (χ3v) is 4.93. The SMILES string of the molecule is CCNC(=NCc1cccc(C(=O)N2CCCCC2)c1)NC1CC=CC1. The first-order chi connectivity index (χ1) is 12.8. The molecule has 1 saturated heterocycles. The number of carbonyl (C=O) groups is 1. The first-order valence-corrected chi connectivity index (χ1v) is 9.84. The molecule has 0 spiro atoms. The summed E-state index contributed by atoms with van der Waals surface area (Å²) >= 11 is 0. The molecule has 5 nitrogen and oxygen atoms in total. The third-order valence-electron chi connectivity index (χ3n) is 4.93. The normalized spacial score (nSPS) is 18.2. The van der Waals surface area contributed by atoms with E-state index in [0.29, 0.717) is 12.6 Å². The standard InChI is InChI=1S/C21H30N4O/c1-2-22-21(24-19-11-4-5-12-19)23-16-17-9-8-10-18(15-17)20(26)25-13-6-3-7-14-25/h4-5,8-10,15,19H,2-3,6-7,11-14,16H2,1H3,(H2,22,23,24). The van der Waals surface area contributed by atoms with Crippen LogP contribution in [0.5, 0.6) is 0 Å². The van der Waals surface area contributed by atoms with Crippen LogP contribution in [0.2, 0.25) is 0 Å². The van der Waals surface area contributed by atoms with Gasteiger partial charge in [-0.15, -0.1) is 0 Å². The number of nitrogens with zero attached hydrogens (tertiary/aromatic N) is 2. The summed E-state index contributed by atoms with van der Waals surface area (Å²) in [6, 6.07) is 8.33. The van der Waals surface area contributed by atoms with E-state index in [1.807, 2.05) is 29.2 Å². The number of hydrogen-bond donors (Lipinski definition) is 2. The summed E-state index contributed by atoms with van der Waals surface area (Å²) in [5.41, 5.74) is 1.84. The minimum Gasteiger partial charge on any atom is -0.357 e. The number of carbonyl (C=O) groups excluding carboxylic acids is 1. The summed E-state index contributed by atoms with van der Waals surface area (Å²) in [7, 11) is 0. The Morgan fingerprint density at radius 1 is 1.19 bits per heavy atom. The van der Waals surface area contributed by atoms with Crippen molar-refractivity contribution in [1.29, 1.82) is 0 Å². The van der Waals surface area contributed by atoms with Gasteiger partial charge in [-0.3, -0.25) is 4.79 Å². The molecule has 26 heavy (non-hydrogen) atoms. The van der Waals surface area contributed by atoms with E-state index >= 15 is 0 Å². The van der Waals surface area contributed by atoms with Crippen molar-refractivity contribution in [2.75, 3.05) is 19.6 Å². The molecule has 0 radical (unpaired) electrons. The van der Waals surface area contributed by atoms with Crippen molar-refractivity contribution in [3.8, 4) is 0 Å². The number of benzene rings is 1. The number of piperidine rings is 1. The minimum atomic E-state index is 0.151. The fourth-order valence-corrected chi connectivity index (χ4v) is 3.50. The van der Waals surface area contributed by atoms with Crippen molar-refractivity contribution in [1.82, 2.24) is 15.5 Å². The van der Waals surface area contributed by atoms with E-state index in [4.69, 9.17) is 4.99 Å². The van der Waals surface area contributed by atoms with Crippen LogP contribution in [-0.2, 0) is 6.54 Å². The predicted octanol–water partition coefficient (Wildman–Crippen LogP) is 3.09. The van der Waals surface area contributed by atoms with Gasteiger partial charge < -0.3 is 15.5 Å². The van der Waals surface area contributed by atoms with Gasteiger partial charge in [0, 0.05) is 31.2 Å². The van der Waals surface area contributed by atoms with Crippen LogP contribution >= 0.6 is 0 Å². The summed E-state index contributed by atoms with van der Waals surface area (Å²) in [4.78, 5) is 19.4. The largest absolute Gasteiger partial charge is 0.357 e. The summed E-state index contributed by atoms with van der Waals surface area (Å²) < 4.78 is 0. The van der Waals surface area contributed by atoms with E-state index in [1.54, 1.807) is 0 Å². The molecule has 1 aliphatic heterocycles. The number of rotatable bonds is 5. The quantitative estimate of drug-likeness (QED) is 0.485. The van der Waals surface area contributed by atoms with Crippen molar-refractivity contribution in [2.45, 2.75) is 51.6 Å². The fraction of sp³-hybridized carbons (Fsp3) is 0.524. The summed E-state index contributed by atoms with van der Waals surface area (Å²) in [5, 5.41) is 6.78. The zero-order chi connectivity index (χ0) is 18.2.